The van der Waals surface area contributed by atoms with Crippen LogP contribution in [0.4, 0.5) is 15.8 Å². The van der Waals surface area contributed by atoms with E-state index in [4.69, 9.17) is 9.47 Å². The van der Waals surface area contributed by atoms with E-state index >= 15 is 0 Å². The predicted molar refractivity (Wildman–Crippen MR) is 74.0 cm³/mol. The van der Waals surface area contributed by atoms with Gasteiger partial charge >= 0.3 is 5.97 Å². The SMILES string of the molecule is CCOC(=O)CCCNc1cc(OC)c(F)cc1[N+](=O)[O-]. The number of anilines is 1. The molecule has 116 valence electrons. The average molecular weight is 300 g/mol. The number of nitrogens with zero attached hydrogens (tertiary/aromatic N) is 1. The standard InChI is InChI=1S/C13H17FN2O5/c1-3-21-13(17)5-4-6-15-10-8-12(20-2)9(14)7-11(10)16(18)19/h7-8,15H,3-6H2,1-2H3. The number of nitrogens with one attached hydrogen (secondary N) is 1. The molecule has 0 radical (unpaired) electrons. The summed E-state index contributed by atoms with van der Waals surface area (Å²) in [4.78, 5) is 21.3. The second-order valence-corrected chi connectivity index (χ2v) is 4.10. The number of halogens is 1. The molecular weight excluding hydrogens is 283 g/mol. The van der Waals surface area contributed by atoms with E-state index in [9.17, 15) is 19.3 Å². The Labute approximate surface area is 121 Å². The molecule has 1 rings (SSSR count). The molecule has 0 aliphatic carbocycles. The molecule has 1 aromatic carbocycles. The molecule has 0 saturated heterocycles. The Hall–Kier alpha value is -2.38. The summed E-state index contributed by atoms with van der Waals surface area (Å²) < 4.78 is 23.0. The minimum absolute atomic E-state index is 0.0894. The minimum atomic E-state index is -0.804. The van der Waals surface area contributed by atoms with E-state index < -0.39 is 10.7 Å². The van der Waals surface area contributed by atoms with E-state index in [1.807, 2.05) is 0 Å². The summed E-state index contributed by atoms with van der Waals surface area (Å²) in [6.45, 7) is 2.34. The number of carbonyl (C=O) groups is 1. The van der Waals surface area contributed by atoms with Crippen molar-refractivity contribution in [3.8, 4) is 5.75 Å². The second-order valence-electron chi connectivity index (χ2n) is 4.10. The first-order valence-corrected chi connectivity index (χ1v) is 6.41. The summed E-state index contributed by atoms with van der Waals surface area (Å²) in [5.74, 6) is -1.22. The largest absolute Gasteiger partial charge is 0.494 e. The molecule has 0 bridgehead atoms. The third kappa shape index (κ3) is 4.90. The van der Waals surface area contributed by atoms with Gasteiger partial charge in [-0.05, 0) is 13.3 Å². The van der Waals surface area contributed by atoms with Crippen molar-refractivity contribution < 1.29 is 23.6 Å². The summed E-state index contributed by atoms with van der Waals surface area (Å²) in [5.41, 5.74) is -0.244. The number of hydrogen-bond acceptors (Lipinski definition) is 6. The number of nitro benzene ring substituents is 1. The zero-order valence-electron chi connectivity index (χ0n) is 11.8. The molecule has 0 saturated carbocycles. The number of carbonyl (C=O) groups excluding carboxylic acids is 1. The van der Waals surface area contributed by atoms with Crippen LogP contribution in [0.1, 0.15) is 19.8 Å². The molecule has 0 aliphatic heterocycles. The topological polar surface area (TPSA) is 90.7 Å². The van der Waals surface area contributed by atoms with Crippen LogP contribution in [0, 0.1) is 15.9 Å². The van der Waals surface area contributed by atoms with Crippen molar-refractivity contribution in [2.45, 2.75) is 19.8 Å². The fourth-order valence-corrected chi connectivity index (χ4v) is 1.68. The summed E-state index contributed by atoms with van der Waals surface area (Å²) >= 11 is 0. The van der Waals surface area contributed by atoms with Gasteiger partial charge in [0.05, 0.1) is 24.7 Å². The van der Waals surface area contributed by atoms with E-state index in [-0.39, 0.29) is 29.5 Å². The molecule has 0 aromatic heterocycles. The maximum absolute atomic E-state index is 13.5. The summed E-state index contributed by atoms with van der Waals surface area (Å²) in [5, 5.41) is 13.7. The zero-order chi connectivity index (χ0) is 15.8. The number of nitro groups is 1. The molecule has 0 fully saturated rings. The fourth-order valence-electron chi connectivity index (χ4n) is 1.68. The Bertz CT molecular complexity index is 522. The lowest BCUT2D eigenvalue weighted by atomic mass is 10.2. The highest BCUT2D eigenvalue weighted by Gasteiger charge is 2.18. The van der Waals surface area contributed by atoms with E-state index in [0.717, 1.165) is 6.07 Å². The molecule has 0 unspecified atom stereocenters. The molecule has 0 aliphatic rings. The lowest BCUT2D eigenvalue weighted by Crippen LogP contribution is -2.09. The van der Waals surface area contributed by atoms with E-state index in [0.29, 0.717) is 19.6 Å². The van der Waals surface area contributed by atoms with Gasteiger partial charge in [0.2, 0.25) is 0 Å². The Morgan fingerprint density at radius 2 is 2.19 bits per heavy atom. The molecule has 1 N–H and O–H groups in total. The van der Waals surface area contributed by atoms with Crippen molar-refractivity contribution in [2.75, 3.05) is 25.6 Å². The van der Waals surface area contributed by atoms with Crippen molar-refractivity contribution in [3.05, 3.63) is 28.1 Å². The summed E-state index contributed by atoms with van der Waals surface area (Å²) in [7, 11) is 1.27. The van der Waals surface area contributed by atoms with Gasteiger partial charge in [0, 0.05) is 19.0 Å². The van der Waals surface area contributed by atoms with Crippen LogP contribution in [0.15, 0.2) is 12.1 Å². The highest BCUT2D eigenvalue weighted by molar-refractivity contribution is 5.69. The maximum atomic E-state index is 13.5. The molecule has 0 amide bonds. The lowest BCUT2D eigenvalue weighted by Gasteiger charge is -2.09. The highest BCUT2D eigenvalue weighted by Crippen LogP contribution is 2.31. The molecule has 7 nitrogen and oxygen atoms in total. The quantitative estimate of drug-likeness (QED) is 0.343. The van der Waals surface area contributed by atoms with Crippen LogP contribution in [-0.4, -0.2) is 31.2 Å². The lowest BCUT2D eigenvalue weighted by molar-refractivity contribution is -0.384. The monoisotopic (exact) mass is 300 g/mol. The molecule has 0 heterocycles. The molecule has 1 aromatic rings. The van der Waals surface area contributed by atoms with E-state index in [1.165, 1.54) is 13.2 Å². The van der Waals surface area contributed by atoms with Gasteiger partial charge in [0.1, 0.15) is 5.69 Å². The normalized spacial score (nSPS) is 10.0. The average Bonchev–Trinajstić information content (AvgIpc) is 2.44. The van der Waals surface area contributed by atoms with Crippen molar-refractivity contribution in [1.29, 1.82) is 0 Å². The predicted octanol–water partition coefficient (Wildman–Crippen LogP) is 2.50. The van der Waals surface area contributed by atoms with Gasteiger partial charge in [0.25, 0.3) is 5.69 Å². The van der Waals surface area contributed by atoms with Crippen LogP contribution in [0.2, 0.25) is 0 Å². The van der Waals surface area contributed by atoms with Gasteiger partial charge in [-0.25, -0.2) is 4.39 Å². The van der Waals surface area contributed by atoms with Crippen LogP contribution < -0.4 is 10.1 Å². The molecule has 21 heavy (non-hydrogen) atoms. The van der Waals surface area contributed by atoms with Crippen LogP contribution in [0.5, 0.6) is 5.75 Å². The third-order valence-electron chi connectivity index (χ3n) is 2.65. The third-order valence-corrected chi connectivity index (χ3v) is 2.65. The van der Waals surface area contributed by atoms with Crippen molar-refractivity contribution in [2.24, 2.45) is 0 Å². The van der Waals surface area contributed by atoms with Gasteiger partial charge in [-0.15, -0.1) is 0 Å². The number of esters is 1. The first kappa shape index (κ1) is 16.7. The molecular formula is C13H17FN2O5. The number of hydrogen-bond donors (Lipinski definition) is 1. The van der Waals surface area contributed by atoms with Gasteiger partial charge < -0.3 is 14.8 Å². The van der Waals surface area contributed by atoms with Crippen LogP contribution in [0.25, 0.3) is 0 Å². The van der Waals surface area contributed by atoms with Gasteiger partial charge in [0.15, 0.2) is 11.6 Å². The number of methoxy groups -OCH3 is 1. The van der Waals surface area contributed by atoms with Crippen molar-refractivity contribution >= 4 is 17.3 Å². The van der Waals surface area contributed by atoms with Crippen molar-refractivity contribution in [3.63, 3.8) is 0 Å². The smallest absolute Gasteiger partial charge is 0.305 e. The maximum Gasteiger partial charge on any atom is 0.305 e. The van der Waals surface area contributed by atoms with Gasteiger partial charge in [-0.2, -0.15) is 0 Å². The van der Waals surface area contributed by atoms with Crippen LogP contribution >= 0.6 is 0 Å². The molecule has 8 heteroatoms. The van der Waals surface area contributed by atoms with Gasteiger partial charge in [-0.3, -0.25) is 14.9 Å². The zero-order valence-corrected chi connectivity index (χ0v) is 11.8. The Kier molecular flexibility index (Phi) is 6.38. The number of rotatable bonds is 8. The molecule has 0 spiro atoms. The Balaban J connectivity index is 2.69. The fraction of sp³-hybridized carbons (Fsp3) is 0.462. The van der Waals surface area contributed by atoms with Crippen molar-refractivity contribution in [1.82, 2.24) is 0 Å². The van der Waals surface area contributed by atoms with E-state index in [1.54, 1.807) is 6.92 Å². The van der Waals surface area contributed by atoms with Gasteiger partial charge in [-0.1, -0.05) is 0 Å². The number of ether oxygens (including phenoxy) is 2. The second kappa shape index (κ2) is 8.03. The van der Waals surface area contributed by atoms with E-state index in [2.05, 4.69) is 5.32 Å². The van der Waals surface area contributed by atoms with Crippen LogP contribution in [0.3, 0.4) is 0 Å². The highest BCUT2D eigenvalue weighted by atomic mass is 19.1. The van der Waals surface area contributed by atoms with Crippen LogP contribution in [-0.2, 0) is 9.53 Å². The Morgan fingerprint density at radius 3 is 2.76 bits per heavy atom. The minimum Gasteiger partial charge on any atom is -0.494 e. The first-order valence-electron chi connectivity index (χ1n) is 6.41. The Morgan fingerprint density at radius 1 is 1.48 bits per heavy atom. The number of benzene rings is 1. The molecule has 0 atom stereocenters. The summed E-state index contributed by atoms with van der Waals surface area (Å²) in [6, 6.07) is 2.02. The first-order chi connectivity index (χ1) is 9.99. The summed E-state index contributed by atoms with van der Waals surface area (Å²) in [6.07, 6.45) is 0.642.